The molecule has 1 aliphatic heterocycles. The second kappa shape index (κ2) is 11.6. The van der Waals surface area contributed by atoms with E-state index in [1.165, 1.54) is 32.1 Å². The Kier molecular flexibility index (Phi) is 5.85. The molecule has 1 aromatic carbocycles. The van der Waals surface area contributed by atoms with Crippen molar-refractivity contribution in [3.8, 4) is 11.5 Å². The van der Waals surface area contributed by atoms with Gasteiger partial charge in [-0.15, -0.1) is 0 Å². The van der Waals surface area contributed by atoms with E-state index in [1.54, 1.807) is 0 Å². The van der Waals surface area contributed by atoms with Crippen LogP contribution in [0.2, 0.25) is 0 Å². The Labute approximate surface area is 205 Å². The van der Waals surface area contributed by atoms with E-state index < -0.39 is 48.6 Å². The first-order chi connectivity index (χ1) is 18.2. The number of phenols is 1. The van der Waals surface area contributed by atoms with Crippen LogP contribution in [0.25, 0.3) is 0 Å². The van der Waals surface area contributed by atoms with E-state index in [9.17, 15) is 5.11 Å². The molecule has 0 aromatic heterocycles. The SMILES string of the molecule is [2H]C([2H])([2H])c1c(O)c(C([2H])([2H])[2H])c(C([2H])([2H])[2H])c2c1CC[C@](C)(CCC[C@H](C)CCC[C@H](C)CCCC(C)C)O2. The lowest BCUT2D eigenvalue weighted by Crippen LogP contribution is -2.37. The summed E-state index contributed by atoms with van der Waals surface area (Å²) in [7, 11) is 0. The zero-order valence-electron chi connectivity index (χ0n) is 29.4. The molecule has 0 saturated carbocycles. The van der Waals surface area contributed by atoms with E-state index in [1.807, 2.05) is 6.92 Å². The van der Waals surface area contributed by atoms with Gasteiger partial charge in [0.1, 0.15) is 17.1 Å². The van der Waals surface area contributed by atoms with Gasteiger partial charge in [-0.25, -0.2) is 0 Å². The predicted octanol–water partition coefficient (Wildman–Crippen LogP) is 8.84. The van der Waals surface area contributed by atoms with Crippen LogP contribution in [-0.4, -0.2) is 10.7 Å². The molecule has 0 saturated heterocycles. The Morgan fingerprint density at radius 1 is 0.871 bits per heavy atom. The monoisotopic (exact) mass is 439 g/mol. The van der Waals surface area contributed by atoms with Gasteiger partial charge in [0, 0.05) is 17.9 Å². The fourth-order valence-corrected chi connectivity index (χ4v) is 4.78. The molecule has 1 aliphatic rings. The van der Waals surface area contributed by atoms with Crippen molar-refractivity contribution in [1.82, 2.24) is 0 Å². The smallest absolute Gasteiger partial charge is 0.127 e. The van der Waals surface area contributed by atoms with Crippen molar-refractivity contribution in [3.05, 3.63) is 22.3 Å². The maximum atomic E-state index is 10.8. The number of fused-ring (bicyclic) bond motifs is 1. The molecular formula is C29H50O2. The van der Waals surface area contributed by atoms with E-state index >= 15 is 0 Å². The van der Waals surface area contributed by atoms with Gasteiger partial charge >= 0.3 is 0 Å². The zero-order chi connectivity index (χ0) is 30.7. The van der Waals surface area contributed by atoms with Gasteiger partial charge in [0.2, 0.25) is 0 Å². The van der Waals surface area contributed by atoms with Crippen LogP contribution >= 0.6 is 0 Å². The molecule has 1 N–H and O–H groups in total. The van der Waals surface area contributed by atoms with Crippen LogP contribution in [0.15, 0.2) is 0 Å². The number of hydrogen-bond donors (Lipinski definition) is 1. The van der Waals surface area contributed by atoms with Crippen molar-refractivity contribution in [1.29, 1.82) is 0 Å². The Hall–Kier alpha value is -1.18. The first-order valence-corrected chi connectivity index (χ1v) is 12.3. The average Bonchev–Trinajstić information content (AvgIpc) is 2.75. The maximum absolute atomic E-state index is 10.8. The van der Waals surface area contributed by atoms with Gasteiger partial charge in [-0.1, -0.05) is 72.6 Å². The fraction of sp³-hybridized carbons (Fsp3) is 0.793. The quantitative estimate of drug-likeness (QED) is 0.352. The lowest BCUT2D eigenvalue weighted by atomic mass is 9.84. The summed E-state index contributed by atoms with van der Waals surface area (Å²) in [6.07, 6.45) is 10.6. The molecule has 0 radical (unpaired) electrons. The summed E-state index contributed by atoms with van der Waals surface area (Å²) in [5.74, 6) is 0.854. The summed E-state index contributed by atoms with van der Waals surface area (Å²) in [5.41, 5.74) is -2.67. The van der Waals surface area contributed by atoms with E-state index in [-0.39, 0.29) is 17.7 Å². The predicted molar refractivity (Wildman–Crippen MR) is 134 cm³/mol. The molecule has 3 atom stereocenters. The summed E-state index contributed by atoms with van der Waals surface area (Å²) in [4.78, 5) is 0. The van der Waals surface area contributed by atoms with Crippen molar-refractivity contribution < 1.29 is 22.2 Å². The van der Waals surface area contributed by atoms with Crippen LogP contribution in [0.5, 0.6) is 11.5 Å². The third-order valence-corrected chi connectivity index (χ3v) is 7.05. The van der Waals surface area contributed by atoms with Crippen molar-refractivity contribution in [2.45, 2.75) is 131 Å². The molecule has 2 nitrogen and oxygen atoms in total. The number of phenolic OH excluding ortho intramolecular Hbond substituents is 1. The topological polar surface area (TPSA) is 29.5 Å². The fourth-order valence-electron chi connectivity index (χ4n) is 4.78. The van der Waals surface area contributed by atoms with Gasteiger partial charge in [0.05, 0.1) is 0 Å². The molecular weight excluding hydrogens is 380 g/mol. The lowest BCUT2D eigenvalue weighted by molar-refractivity contribution is 0.0512. The Morgan fingerprint density at radius 3 is 2.03 bits per heavy atom. The second-order valence-electron chi connectivity index (χ2n) is 10.7. The number of benzene rings is 1. The van der Waals surface area contributed by atoms with Crippen LogP contribution < -0.4 is 4.74 Å². The van der Waals surface area contributed by atoms with Crippen molar-refractivity contribution in [3.63, 3.8) is 0 Å². The third-order valence-electron chi connectivity index (χ3n) is 7.05. The Balaban J connectivity index is 2.16. The summed E-state index contributed by atoms with van der Waals surface area (Å²) in [6.45, 7) is 2.21. The number of aromatic hydroxyl groups is 1. The molecule has 0 spiro atoms. The molecule has 0 fully saturated rings. The van der Waals surface area contributed by atoms with Crippen molar-refractivity contribution >= 4 is 0 Å². The minimum Gasteiger partial charge on any atom is -0.507 e. The van der Waals surface area contributed by atoms with Crippen LogP contribution in [-0.2, 0) is 6.42 Å². The normalized spacial score (nSPS) is 25.9. The molecule has 0 aliphatic carbocycles. The summed E-state index contributed by atoms with van der Waals surface area (Å²) in [6, 6.07) is 0. The van der Waals surface area contributed by atoms with Gasteiger partial charge in [-0.05, 0) is 87.6 Å². The zero-order valence-corrected chi connectivity index (χ0v) is 20.4. The first kappa shape index (κ1) is 15.6. The van der Waals surface area contributed by atoms with Crippen LogP contribution in [0.3, 0.4) is 0 Å². The van der Waals surface area contributed by atoms with Crippen molar-refractivity contribution in [2.75, 3.05) is 0 Å². The second-order valence-corrected chi connectivity index (χ2v) is 10.7. The standard InChI is InChI=1S/C29H50O2/c1-20(2)12-9-13-21(3)14-10-15-22(4)16-11-18-29(8)19-17-26-25(7)27(30)23(5)24(6)28(26)31-29/h20-22,30H,9-19H2,1-8H3/t21-,22-,29+/m1/s1/i5D3,6D3,7D3. The molecule has 1 aromatic rings. The first-order valence-electron chi connectivity index (χ1n) is 16.8. The van der Waals surface area contributed by atoms with Crippen LogP contribution in [0.4, 0.5) is 0 Å². The number of hydrogen-bond acceptors (Lipinski definition) is 2. The van der Waals surface area contributed by atoms with Gasteiger partial charge in [-0.2, -0.15) is 0 Å². The highest BCUT2D eigenvalue weighted by molar-refractivity contribution is 5.58. The summed E-state index contributed by atoms with van der Waals surface area (Å²) >= 11 is 0. The van der Waals surface area contributed by atoms with Gasteiger partial charge in [0.25, 0.3) is 0 Å². The van der Waals surface area contributed by atoms with Gasteiger partial charge < -0.3 is 9.84 Å². The largest absolute Gasteiger partial charge is 0.507 e. The molecule has 0 amide bonds. The van der Waals surface area contributed by atoms with Crippen LogP contribution in [0.1, 0.15) is 133 Å². The molecule has 31 heavy (non-hydrogen) atoms. The average molecular weight is 440 g/mol. The van der Waals surface area contributed by atoms with E-state index in [0.717, 1.165) is 31.1 Å². The highest BCUT2D eigenvalue weighted by Crippen LogP contribution is 2.44. The maximum Gasteiger partial charge on any atom is 0.127 e. The Bertz CT molecular complexity index is 980. The third kappa shape index (κ3) is 7.43. The number of rotatable bonds is 12. The molecule has 0 bridgehead atoms. The molecule has 178 valence electrons. The molecule has 2 heteroatoms. The minimum atomic E-state index is -3.04. The lowest BCUT2D eigenvalue weighted by Gasteiger charge is -2.38. The van der Waals surface area contributed by atoms with E-state index in [0.29, 0.717) is 18.8 Å². The summed E-state index contributed by atoms with van der Waals surface area (Å²) in [5, 5.41) is 10.8. The van der Waals surface area contributed by atoms with Gasteiger partial charge in [-0.3, -0.25) is 0 Å². The molecule has 2 rings (SSSR count). The van der Waals surface area contributed by atoms with Crippen LogP contribution in [0, 0.1) is 38.3 Å². The van der Waals surface area contributed by atoms with E-state index in [4.69, 9.17) is 17.1 Å². The Morgan fingerprint density at radius 2 is 1.45 bits per heavy atom. The van der Waals surface area contributed by atoms with Crippen molar-refractivity contribution in [2.24, 2.45) is 17.8 Å². The highest BCUT2D eigenvalue weighted by atomic mass is 16.5. The minimum absolute atomic E-state index is 0.0741. The van der Waals surface area contributed by atoms with E-state index in [2.05, 4.69) is 27.7 Å². The highest BCUT2D eigenvalue weighted by Gasteiger charge is 2.34. The molecule has 0 unspecified atom stereocenters. The molecule has 1 heterocycles. The van der Waals surface area contributed by atoms with Gasteiger partial charge in [0.15, 0.2) is 0 Å². The summed E-state index contributed by atoms with van der Waals surface area (Å²) < 4.78 is 78.2. The number of ether oxygens (including phenoxy) is 1.